The molecule has 0 spiro atoms. The van der Waals surface area contributed by atoms with Crippen LogP contribution >= 0.6 is 11.8 Å². The smallest absolute Gasteiger partial charge is 0.161 e. The molecular weight excluding hydrogens is 294 g/mol. The number of aromatic nitrogens is 2. The molecule has 5 heteroatoms. The van der Waals surface area contributed by atoms with E-state index < -0.39 is 0 Å². The Kier molecular flexibility index (Phi) is 5.16. The summed E-state index contributed by atoms with van der Waals surface area (Å²) in [5, 5.41) is 1.02. The van der Waals surface area contributed by atoms with Crippen molar-refractivity contribution in [2.24, 2.45) is 0 Å². The molecule has 2 aromatic rings. The maximum absolute atomic E-state index is 5.28. The van der Waals surface area contributed by atoms with Crippen LogP contribution < -0.4 is 9.64 Å². The molecule has 0 bridgehead atoms. The summed E-state index contributed by atoms with van der Waals surface area (Å²) in [4.78, 5) is 11.5. The van der Waals surface area contributed by atoms with E-state index in [0.717, 1.165) is 35.4 Å². The Morgan fingerprint density at radius 3 is 2.77 bits per heavy atom. The van der Waals surface area contributed by atoms with Gasteiger partial charge in [0.1, 0.15) is 10.8 Å². The third kappa shape index (κ3) is 3.71. The minimum atomic E-state index is 0.872. The highest BCUT2D eigenvalue weighted by Crippen LogP contribution is 2.30. The van der Waals surface area contributed by atoms with Crippen molar-refractivity contribution in [2.45, 2.75) is 30.0 Å². The molecule has 0 radical (unpaired) electrons. The maximum Gasteiger partial charge on any atom is 0.161 e. The van der Waals surface area contributed by atoms with E-state index in [2.05, 4.69) is 27.0 Å². The van der Waals surface area contributed by atoms with Crippen molar-refractivity contribution < 1.29 is 4.74 Å². The summed E-state index contributed by atoms with van der Waals surface area (Å²) in [5.74, 6) is 2.81. The molecule has 1 aliphatic heterocycles. The van der Waals surface area contributed by atoms with Gasteiger partial charge in [-0.1, -0.05) is 23.9 Å². The number of benzene rings is 1. The molecule has 4 nitrogen and oxygen atoms in total. The highest BCUT2D eigenvalue weighted by atomic mass is 32.2. The molecule has 22 heavy (non-hydrogen) atoms. The Morgan fingerprint density at radius 2 is 1.95 bits per heavy atom. The van der Waals surface area contributed by atoms with Crippen molar-refractivity contribution in [3.05, 3.63) is 42.2 Å². The molecule has 1 aromatic carbocycles. The van der Waals surface area contributed by atoms with Crippen LogP contribution in [-0.2, 0) is 5.75 Å². The van der Waals surface area contributed by atoms with Crippen LogP contribution in [0.15, 0.2) is 41.7 Å². The molecule has 0 atom stereocenters. The van der Waals surface area contributed by atoms with E-state index in [1.54, 1.807) is 31.3 Å². The lowest BCUT2D eigenvalue weighted by Gasteiger charge is -2.28. The summed E-state index contributed by atoms with van der Waals surface area (Å²) in [5.41, 5.74) is 1.24. The fraction of sp³-hybridized carbons (Fsp3) is 0.412. The van der Waals surface area contributed by atoms with Gasteiger partial charge in [-0.2, -0.15) is 0 Å². The molecule has 0 unspecified atom stereocenters. The van der Waals surface area contributed by atoms with Crippen molar-refractivity contribution in [3.8, 4) is 5.75 Å². The number of methoxy groups -OCH3 is 1. The first-order chi connectivity index (χ1) is 10.9. The van der Waals surface area contributed by atoms with E-state index in [4.69, 9.17) is 4.74 Å². The van der Waals surface area contributed by atoms with Crippen molar-refractivity contribution in [3.63, 3.8) is 0 Å². The summed E-state index contributed by atoms with van der Waals surface area (Å²) in [6, 6.07) is 8.18. The topological polar surface area (TPSA) is 38.3 Å². The average molecular weight is 315 g/mol. The van der Waals surface area contributed by atoms with Gasteiger partial charge in [0.2, 0.25) is 0 Å². The number of piperidine rings is 1. The van der Waals surface area contributed by atoms with E-state index in [0.29, 0.717) is 0 Å². The van der Waals surface area contributed by atoms with Crippen LogP contribution in [0.5, 0.6) is 5.75 Å². The molecule has 1 fully saturated rings. The first-order valence-electron chi connectivity index (χ1n) is 7.68. The van der Waals surface area contributed by atoms with Crippen molar-refractivity contribution in [1.29, 1.82) is 0 Å². The lowest BCUT2D eigenvalue weighted by Crippen LogP contribution is -2.30. The standard InChI is InChI=1S/C17H21N3OS/c1-21-15-7-5-6-14(12-15)13-22-17-16(18-8-9-19-17)20-10-3-2-4-11-20/h5-9,12H,2-4,10-11,13H2,1H3. The lowest BCUT2D eigenvalue weighted by molar-refractivity contribution is 0.414. The molecule has 3 rings (SSSR count). The Labute approximate surface area is 135 Å². The molecule has 0 aliphatic carbocycles. The minimum absolute atomic E-state index is 0.872. The highest BCUT2D eigenvalue weighted by molar-refractivity contribution is 7.98. The second-order valence-electron chi connectivity index (χ2n) is 5.37. The van der Waals surface area contributed by atoms with Gasteiger partial charge < -0.3 is 9.64 Å². The van der Waals surface area contributed by atoms with Gasteiger partial charge in [-0.15, -0.1) is 0 Å². The molecule has 116 valence electrons. The van der Waals surface area contributed by atoms with Gasteiger partial charge in [0.15, 0.2) is 5.82 Å². The second kappa shape index (κ2) is 7.49. The SMILES string of the molecule is COc1cccc(CSc2nccnc2N2CCCCC2)c1. The van der Waals surface area contributed by atoms with Crippen LogP contribution in [0.25, 0.3) is 0 Å². The van der Waals surface area contributed by atoms with Crippen molar-refractivity contribution >= 4 is 17.6 Å². The van der Waals surface area contributed by atoms with Gasteiger partial charge in [-0.3, -0.25) is 0 Å². The van der Waals surface area contributed by atoms with Gasteiger partial charge in [-0.05, 0) is 37.0 Å². The quantitative estimate of drug-likeness (QED) is 0.785. The van der Waals surface area contributed by atoms with Crippen LogP contribution in [0.1, 0.15) is 24.8 Å². The van der Waals surface area contributed by atoms with Gasteiger partial charge in [0.25, 0.3) is 0 Å². The molecule has 2 heterocycles. The largest absolute Gasteiger partial charge is 0.497 e. The zero-order chi connectivity index (χ0) is 15.2. The number of hydrogen-bond donors (Lipinski definition) is 0. The highest BCUT2D eigenvalue weighted by Gasteiger charge is 2.16. The van der Waals surface area contributed by atoms with E-state index >= 15 is 0 Å². The Bertz CT molecular complexity index is 614. The van der Waals surface area contributed by atoms with Crippen LogP contribution in [0.4, 0.5) is 5.82 Å². The van der Waals surface area contributed by atoms with Crippen LogP contribution in [0, 0.1) is 0 Å². The zero-order valence-corrected chi connectivity index (χ0v) is 13.7. The van der Waals surface area contributed by atoms with Gasteiger partial charge in [0, 0.05) is 31.2 Å². The van der Waals surface area contributed by atoms with Crippen molar-refractivity contribution in [1.82, 2.24) is 9.97 Å². The third-order valence-electron chi connectivity index (χ3n) is 3.81. The van der Waals surface area contributed by atoms with E-state index in [-0.39, 0.29) is 0 Å². The molecular formula is C17H21N3OS. The molecule has 0 N–H and O–H groups in total. The zero-order valence-electron chi connectivity index (χ0n) is 12.9. The van der Waals surface area contributed by atoms with E-state index in [9.17, 15) is 0 Å². The first kappa shape index (κ1) is 15.2. The van der Waals surface area contributed by atoms with Crippen LogP contribution in [0.2, 0.25) is 0 Å². The predicted octanol–water partition coefficient (Wildman–Crippen LogP) is 3.77. The summed E-state index contributed by atoms with van der Waals surface area (Å²) in [6.45, 7) is 2.18. The number of hydrogen-bond acceptors (Lipinski definition) is 5. The molecule has 1 aromatic heterocycles. The van der Waals surface area contributed by atoms with Gasteiger partial charge >= 0.3 is 0 Å². The number of thioether (sulfide) groups is 1. The number of nitrogens with zero attached hydrogens (tertiary/aromatic N) is 3. The van der Waals surface area contributed by atoms with Crippen LogP contribution in [0.3, 0.4) is 0 Å². The fourth-order valence-electron chi connectivity index (χ4n) is 2.66. The summed E-state index contributed by atoms with van der Waals surface area (Å²) < 4.78 is 5.28. The van der Waals surface area contributed by atoms with E-state index in [1.807, 2.05) is 12.1 Å². The van der Waals surface area contributed by atoms with Gasteiger partial charge in [-0.25, -0.2) is 9.97 Å². The van der Waals surface area contributed by atoms with Crippen molar-refractivity contribution in [2.75, 3.05) is 25.1 Å². The number of anilines is 1. The fourth-order valence-corrected chi connectivity index (χ4v) is 3.59. The van der Waals surface area contributed by atoms with Gasteiger partial charge in [0.05, 0.1) is 7.11 Å². The lowest BCUT2D eigenvalue weighted by atomic mass is 10.1. The molecule has 1 aliphatic rings. The van der Waals surface area contributed by atoms with E-state index in [1.165, 1.54) is 24.8 Å². The molecule has 0 saturated carbocycles. The minimum Gasteiger partial charge on any atom is -0.497 e. The monoisotopic (exact) mass is 315 g/mol. The molecule has 1 saturated heterocycles. The third-order valence-corrected chi connectivity index (χ3v) is 4.85. The Balaban J connectivity index is 1.71. The number of rotatable bonds is 5. The summed E-state index contributed by atoms with van der Waals surface area (Å²) in [7, 11) is 1.70. The first-order valence-corrected chi connectivity index (χ1v) is 8.67. The maximum atomic E-state index is 5.28. The summed E-state index contributed by atoms with van der Waals surface area (Å²) >= 11 is 1.74. The normalized spacial score (nSPS) is 14.9. The molecule has 0 amide bonds. The second-order valence-corrected chi connectivity index (χ2v) is 6.34. The predicted molar refractivity (Wildman–Crippen MR) is 90.7 cm³/mol. The summed E-state index contributed by atoms with van der Waals surface area (Å²) in [6.07, 6.45) is 7.39. The Hall–Kier alpha value is -1.75. The average Bonchev–Trinajstić information content (AvgIpc) is 2.61. The Morgan fingerprint density at radius 1 is 1.14 bits per heavy atom. The van der Waals surface area contributed by atoms with Crippen LogP contribution in [-0.4, -0.2) is 30.2 Å². The number of ether oxygens (including phenoxy) is 1.